The Kier molecular flexibility index (Phi) is 4.02. The van der Waals surface area contributed by atoms with Crippen molar-refractivity contribution in [2.45, 2.75) is 13.0 Å². The van der Waals surface area contributed by atoms with E-state index in [1.54, 1.807) is 6.07 Å². The fourth-order valence-electron chi connectivity index (χ4n) is 2.05. The number of hydrogen-bond donors (Lipinski definition) is 2. The molecule has 0 fully saturated rings. The first-order valence-corrected chi connectivity index (χ1v) is 7.62. The summed E-state index contributed by atoms with van der Waals surface area (Å²) in [6.45, 7) is 1.85. The molecule has 0 aliphatic rings. The third-order valence-electron chi connectivity index (χ3n) is 3.12. The number of fused-ring (bicyclic) bond motifs is 1. The number of thiazole rings is 1. The van der Waals surface area contributed by atoms with Crippen molar-refractivity contribution in [1.29, 1.82) is 0 Å². The first-order valence-electron chi connectivity index (χ1n) is 6.80. The van der Waals surface area contributed by atoms with Gasteiger partial charge in [0.25, 0.3) is 0 Å². The highest BCUT2D eigenvalue weighted by atomic mass is 32.1. The van der Waals surface area contributed by atoms with E-state index in [4.69, 9.17) is 0 Å². The van der Waals surface area contributed by atoms with Crippen molar-refractivity contribution in [3.63, 3.8) is 0 Å². The Labute approximate surface area is 131 Å². The predicted octanol–water partition coefficient (Wildman–Crippen LogP) is 4.32. The second kappa shape index (κ2) is 6.11. The lowest BCUT2D eigenvalue weighted by atomic mass is 10.3. The summed E-state index contributed by atoms with van der Waals surface area (Å²) in [5, 5.41) is 6.32. The molecule has 0 aliphatic heterocycles. The van der Waals surface area contributed by atoms with Gasteiger partial charge in [0.05, 0.1) is 16.3 Å². The van der Waals surface area contributed by atoms with Crippen molar-refractivity contribution >= 4 is 33.3 Å². The molecule has 2 aromatic carbocycles. The second-order valence-electron chi connectivity index (χ2n) is 4.85. The summed E-state index contributed by atoms with van der Waals surface area (Å²) in [7, 11) is 0. The molecule has 0 bridgehead atoms. The van der Waals surface area contributed by atoms with Crippen molar-refractivity contribution in [2.24, 2.45) is 0 Å². The van der Waals surface area contributed by atoms with E-state index in [1.807, 2.05) is 37.3 Å². The Morgan fingerprint density at radius 2 is 2.00 bits per heavy atom. The van der Waals surface area contributed by atoms with Gasteiger partial charge in [-0.25, -0.2) is 14.2 Å². The Hall–Kier alpha value is -2.47. The highest BCUT2D eigenvalue weighted by molar-refractivity contribution is 7.18. The zero-order chi connectivity index (χ0) is 15.5. The topological polar surface area (TPSA) is 54.0 Å². The molecule has 2 amide bonds. The minimum atomic E-state index is -0.302. The van der Waals surface area contributed by atoms with Crippen LogP contribution in [0.4, 0.5) is 14.9 Å². The van der Waals surface area contributed by atoms with E-state index in [-0.39, 0.29) is 17.9 Å². The molecule has 2 N–H and O–H groups in total. The number of carbonyl (C=O) groups excluding carboxylic acids is 1. The maximum Gasteiger partial charge on any atom is 0.319 e. The Morgan fingerprint density at radius 3 is 2.77 bits per heavy atom. The van der Waals surface area contributed by atoms with Gasteiger partial charge >= 0.3 is 6.03 Å². The van der Waals surface area contributed by atoms with Gasteiger partial charge in [0.2, 0.25) is 0 Å². The van der Waals surface area contributed by atoms with E-state index in [0.717, 1.165) is 20.9 Å². The quantitative estimate of drug-likeness (QED) is 0.756. The Bertz CT molecular complexity index is 804. The lowest BCUT2D eigenvalue weighted by Gasteiger charge is -2.12. The number of urea groups is 1. The number of nitrogens with zero attached hydrogens (tertiary/aromatic N) is 1. The van der Waals surface area contributed by atoms with Crippen LogP contribution in [0.5, 0.6) is 0 Å². The molecular formula is C16H14FN3OS. The first kappa shape index (κ1) is 14.5. The molecule has 22 heavy (non-hydrogen) atoms. The maximum atomic E-state index is 13.2. The fourth-order valence-corrected chi connectivity index (χ4v) is 3.04. The van der Waals surface area contributed by atoms with Crippen LogP contribution >= 0.6 is 11.3 Å². The molecular weight excluding hydrogens is 301 g/mol. The van der Waals surface area contributed by atoms with Crippen molar-refractivity contribution < 1.29 is 9.18 Å². The van der Waals surface area contributed by atoms with Gasteiger partial charge in [-0.2, -0.15) is 0 Å². The fraction of sp³-hybridized carbons (Fsp3) is 0.125. The zero-order valence-electron chi connectivity index (χ0n) is 11.8. The van der Waals surface area contributed by atoms with Gasteiger partial charge in [-0.1, -0.05) is 18.2 Å². The Morgan fingerprint density at radius 1 is 1.23 bits per heavy atom. The number of para-hydroxylation sites is 1. The summed E-state index contributed by atoms with van der Waals surface area (Å²) in [5.74, 6) is -0.287. The predicted molar refractivity (Wildman–Crippen MR) is 86.6 cm³/mol. The number of nitrogens with one attached hydrogen (secondary N) is 2. The molecule has 0 unspecified atom stereocenters. The average Bonchev–Trinajstić information content (AvgIpc) is 2.91. The SMILES string of the molecule is C[C@@H](NC(=O)Nc1ccccc1)c1nc2ccc(F)cc2s1. The molecule has 4 nitrogen and oxygen atoms in total. The molecule has 112 valence electrons. The van der Waals surface area contributed by atoms with Gasteiger partial charge in [0, 0.05) is 5.69 Å². The van der Waals surface area contributed by atoms with Crippen LogP contribution in [0.3, 0.4) is 0 Å². The van der Waals surface area contributed by atoms with Crippen LogP contribution < -0.4 is 10.6 Å². The monoisotopic (exact) mass is 315 g/mol. The Balaban J connectivity index is 1.70. The third kappa shape index (κ3) is 3.23. The zero-order valence-corrected chi connectivity index (χ0v) is 12.7. The molecule has 1 heterocycles. The molecule has 1 aromatic heterocycles. The first-order chi connectivity index (χ1) is 10.6. The lowest BCUT2D eigenvalue weighted by Crippen LogP contribution is -2.31. The van der Waals surface area contributed by atoms with E-state index in [9.17, 15) is 9.18 Å². The molecule has 0 saturated carbocycles. The normalized spacial score (nSPS) is 12.1. The van der Waals surface area contributed by atoms with Crippen LogP contribution in [0.15, 0.2) is 48.5 Å². The van der Waals surface area contributed by atoms with Gasteiger partial charge in [0.15, 0.2) is 0 Å². The van der Waals surface area contributed by atoms with Crippen LogP contribution in [0.2, 0.25) is 0 Å². The number of amides is 2. The third-order valence-corrected chi connectivity index (χ3v) is 4.32. The van der Waals surface area contributed by atoms with Gasteiger partial charge in [-0.05, 0) is 37.3 Å². The largest absolute Gasteiger partial charge is 0.329 e. The van der Waals surface area contributed by atoms with Gasteiger partial charge < -0.3 is 10.6 Å². The van der Waals surface area contributed by atoms with Gasteiger partial charge in [0.1, 0.15) is 10.8 Å². The number of rotatable bonds is 3. The summed E-state index contributed by atoms with van der Waals surface area (Å²) in [5.41, 5.74) is 1.46. The van der Waals surface area contributed by atoms with Crippen LogP contribution in [-0.4, -0.2) is 11.0 Å². The number of anilines is 1. The van der Waals surface area contributed by atoms with Gasteiger partial charge in [-0.3, -0.25) is 0 Å². The van der Waals surface area contributed by atoms with Gasteiger partial charge in [-0.15, -0.1) is 11.3 Å². The smallest absolute Gasteiger partial charge is 0.319 e. The van der Waals surface area contributed by atoms with Crippen molar-refractivity contribution in [3.05, 3.63) is 59.4 Å². The van der Waals surface area contributed by atoms with Crippen LogP contribution in [0.1, 0.15) is 18.0 Å². The van der Waals surface area contributed by atoms with Crippen molar-refractivity contribution in [3.8, 4) is 0 Å². The summed E-state index contributed by atoms with van der Waals surface area (Å²) in [6.07, 6.45) is 0. The summed E-state index contributed by atoms with van der Waals surface area (Å²) < 4.78 is 14.0. The molecule has 0 radical (unpaired) electrons. The molecule has 0 spiro atoms. The van der Waals surface area contributed by atoms with Crippen molar-refractivity contribution in [2.75, 3.05) is 5.32 Å². The number of carbonyl (C=O) groups is 1. The van der Waals surface area contributed by atoms with E-state index in [2.05, 4.69) is 15.6 Å². The summed E-state index contributed by atoms with van der Waals surface area (Å²) in [6, 6.07) is 13.1. The average molecular weight is 315 g/mol. The van der Waals surface area contributed by atoms with E-state index >= 15 is 0 Å². The van der Waals surface area contributed by atoms with E-state index in [0.29, 0.717) is 0 Å². The molecule has 0 aliphatic carbocycles. The number of benzene rings is 2. The van der Waals surface area contributed by atoms with E-state index < -0.39 is 0 Å². The summed E-state index contributed by atoms with van der Waals surface area (Å²) in [4.78, 5) is 16.4. The van der Waals surface area contributed by atoms with Crippen molar-refractivity contribution in [1.82, 2.24) is 10.3 Å². The van der Waals surface area contributed by atoms with Crippen LogP contribution in [0.25, 0.3) is 10.2 Å². The molecule has 0 saturated heterocycles. The molecule has 1 atom stereocenters. The highest BCUT2D eigenvalue weighted by Crippen LogP contribution is 2.26. The minimum absolute atomic E-state index is 0.260. The number of aromatic nitrogens is 1. The number of hydrogen-bond acceptors (Lipinski definition) is 3. The maximum absolute atomic E-state index is 13.2. The van der Waals surface area contributed by atoms with Crippen LogP contribution in [-0.2, 0) is 0 Å². The molecule has 3 aromatic rings. The minimum Gasteiger partial charge on any atom is -0.329 e. The van der Waals surface area contributed by atoms with Crippen LogP contribution in [0, 0.1) is 5.82 Å². The lowest BCUT2D eigenvalue weighted by molar-refractivity contribution is 0.249. The summed E-state index contributed by atoms with van der Waals surface area (Å²) >= 11 is 1.37. The standard InChI is InChI=1S/C16H14FN3OS/c1-10(18-16(21)19-12-5-3-2-4-6-12)15-20-13-8-7-11(17)9-14(13)22-15/h2-10H,1H3,(H2,18,19,21)/t10-/m1/s1. The number of halogens is 1. The molecule has 3 rings (SSSR count). The second-order valence-corrected chi connectivity index (χ2v) is 5.91. The molecule has 6 heteroatoms. The highest BCUT2D eigenvalue weighted by Gasteiger charge is 2.14. The van der Waals surface area contributed by atoms with E-state index in [1.165, 1.54) is 23.5 Å².